The summed E-state index contributed by atoms with van der Waals surface area (Å²) in [5.41, 5.74) is -0.595. The summed E-state index contributed by atoms with van der Waals surface area (Å²) in [4.78, 5) is 0. The molecule has 13 heavy (non-hydrogen) atoms. The van der Waals surface area contributed by atoms with Gasteiger partial charge < -0.3 is 0 Å². The third-order valence-electron chi connectivity index (χ3n) is 2.85. The van der Waals surface area contributed by atoms with E-state index >= 15 is 0 Å². The molecule has 78 valence electrons. The quantitative estimate of drug-likeness (QED) is 0.703. The second-order valence-corrected chi connectivity index (χ2v) is 6.78. The summed E-state index contributed by atoms with van der Waals surface area (Å²) in [5.74, 6) is -3.24. The van der Waals surface area contributed by atoms with Crippen LogP contribution in [0.4, 0.5) is 8.78 Å². The van der Waals surface area contributed by atoms with E-state index in [9.17, 15) is 17.2 Å². The van der Waals surface area contributed by atoms with Gasteiger partial charge in [0.25, 0.3) is 0 Å². The predicted octanol–water partition coefficient (Wildman–Crippen LogP) is 2.20. The number of hydrogen-bond acceptors (Lipinski definition) is 2. The first kappa shape index (κ1) is 10.9. The zero-order valence-corrected chi connectivity index (χ0v) is 8.79. The van der Waals surface area contributed by atoms with E-state index in [1.807, 2.05) is 0 Å². The molecule has 1 aliphatic carbocycles. The summed E-state index contributed by atoms with van der Waals surface area (Å²) < 4.78 is 46.0. The Bertz CT molecular complexity index is 297. The molecule has 1 rings (SSSR count). The number of hydrogen-bond donors (Lipinski definition) is 0. The highest BCUT2D eigenvalue weighted by molar-refractivity contribution is 7.93. The van der Waals surface area contributed by atoms with Gasteiger partial charge >= 0.3 is 5.76 Å². The van der Waals surface area contributed by atoms with Crippen LogP contribution in [0.1, 0.15) is 33.6 Å². The molecule has 0 amide bonds. The van der Waals surface area contributed by atoms with Gasteiger partial charge in [0.1, 0.15) is 0 Å². The maximum absolute atomic E-state index is 12.3. The molecule has 0 saturated heterocycles. The van der Waals surface area contributed by atoms with E-state index in [0.717, 1.165) is 0 Å². The molecule has 0 bridgehead atoms. The predicted molar refractivity (Wildman–Crippen MR) is 46.3 cm³/mol. The third-order valence-corrected chi connectivity index (χ3v) is 5.43. The number of rotatable bonds is 2. The molecule has 0 atom stereocenters. The van der Waals surface area contributed by atoms with Gasteiger partial charge in [0.2, 0.25) is 9.84 Å². The van der Waals surface area contributed by atoms with Gasteiger partial charge in [0.05, 0.1) is 4.75 Å². The fourth-order valence-corrected chi connectivity index (χ4v) is 3.61. The van der Waals surface area contributed by atoms with Crippen LogP contribution in [-0.2, 0) is 9.84 Å². The van der Waals surface area contributed by atoms with E-state index in [-0.39, 0.29) is 0 Å². The Kier molecular flexibility index (Phi) is 2.22. The summed E-state index contributed by atoms with van der Waals surface area (Å²) in [6.45, 7) is 5.08. The van der Waals surface area contributed by atoms with Gasteiger partial charge in [-0.1, -0.05) is 20.8 Å². The molecule has 5 heteroatoms. The zero-order valence-electron chi connectivity index (χ0n) is 7.97. The largest absolute Gasteiger partial charge is 0.337 e. The number of halogens is 2. The average molecular weight is 212 g/mol. The summed E-state index contributed by atoms with van der Waals surface area (Å²) in [6, 6.07) is 0. The Labute approximate surface area is 77.2 Å². The average Bonchev–Trinajstić information content (AvgIpc) is 2.61. The maximum atomic E-state index is 12.3. The van der Waals surface area contributed by atoms with Crippen molar-refractivity contribution in [2.45, 2.75) is 44.1 Å². The lowest BCUT2D eigenvalue weighted by molar-refractivity contribution is 0.224. The second-order valence-electron chi connectivity index (χ2n) is 4.55. The SMILES string of the molecule is CC(C)(C)C1(S(=O)(=O)C(F)F)CC1. The Morgan fingerprint density at radius 3 is 1.69 bits per heavy atom. The number of alkyl halides is 2. The highest BCUT2D eigenvalue weighted by atomic mass is 32.2. The summed E-state index contributed by atoms with van der Waals surface area (Å²) in [7, 11) is -4.26. The van der Waals surface area contributed by atoms with Gasteiger partial charge in [-0.05, 0) is 18.3 Å². The van der Waals surface area contributed by atoms with Crippen molar-refractivity contribution in [2.24, 2.45) is 5.41 Å². The Morgan fingerprint density at radius 2 is 1.62 bits per heavy atom. The van der Waals surface area contributed by atoms with Crippen LogP contribution in [0.15, 0.2) is 0 Å². The van der Waals surface area contributed by atoms with Crippen molar-refractivity contribution >= 4 is 9.84 Å². The summed E-state index contributed by atoms with van der Waals surface area (Å²) in [6.07, 6.45) is 0.729. The molecular formula is C8H14F2O2S. The van der Waals surface area contributed by atoms with Crippen LogP contribution in [0, 0.1) is 5.41 Å². The molecule has 0 unspecified atom stereocenters. The van der Waals surface area contributed by atoms with E-state index in [4.69, 9.17) is 0 Å². The third kappa shape index (κ3) is 1.37. The Balaban J connectivity index is 3.10. The van der Waals surface area contributed by atoms with Gasteiger partial charge in [0.15, 0.2) is 0 Å². The van der Waals surface area contributed by atoms with Crippen LogP contribution < -0.4 is 0 Å². The first-order valence-corrected chi connectivity index (χ1v) is 5.71. The molecule has 1 fully saturated rings. The molecule has 0 aromatic carbocycles. The summed E-state index contributed by atoms with van der Waals surface area (Å²) >= 11 is 0. The molecule has 0 aromatic rings. The monoisotopic (exact) mass is 212 g/mol. The molecule has 1 saturated carbocycles. The molecule has 0 spiro atoms. The minimum atomic E-state index is -4.26. The Hall–Kier alpha value is -0.190. The molecule has 1 aliphatic rings. The fraction of sp³-hybridized carbons (Fsp3) is 1.00. The normalized spacial score (nSPS) is 22.0. The molecule has 0 aromatic heterocycles. The van der Waals surface area contributed by atoms with Crippen LogP contribution in [0.2, 0.25) is 0 Å². The van der Waals surface area contributed by atoms with Crippen molar-refractivity contribution in [3.05, 3.63) is 0 Å². The minimum Gasteiger partial charge on any atom is -0.222 e. The van der Waals surface area contributed by atoms with E-state index < -0.39 is 25.8 Å². The van der Waals surface area contributed by atoms with Gasteiger partial charge in [-0.2, -0.15) is 8.78 Å². The van der Waals surface area contributed by atoms with Gasteiger partial charge in [-0.3, -0.25) is 0 Å². The lowest BCUT2D eigenvalue weighted by atomic mass is 9.90. The van der Waals surface area contributed by atoms with Crippen molar-refractivity contribution in [1.82, 2.24) is 0 Å². The van der Waals surface area contributed by atoms with Crippen molar-refractivity contribution < 1.29 is 17.2 Å². The first-order valence-electron chi connectivity index (χ1n) is 4.17. The lowest BCUT2D eigenvalue weighted by Gasteiger charge is -2.29. The maximum Gasteiger partial charge on any atom is 0.337 e. The van der Waals surface area contributed by atoms with Crippen molar-refractivity contribution in [1.29, 1.82) is 0 Å². The van der Waals surface area contributed by atoms with E-state index in [1.165, 1.54) is 0 Å². The first-order chi connectivity index (χ1) is 5.65. The van der Waals surface area contributed by atoms with Crippen molar-refractivity contribution in [3.63, 3.8) is 0 Å². The van der Waals surface area contributed by atoms with Gasteiger partial charge in [-0.25, -0.2) is 8.42 Å². The molecule has 0 N–H and O–H groups in total. The standard InChI is InChI=1S/C8H14F2O2S/c1-7(2,3)8(4-5-8)13(11,12)6(9)10/h6H,4-5H2,1-3H3. The number of sulfone groups is 1. The highest BCUT2D eigenvalue weighted by Gasteiger charge is 2.64. The van der Waals surface area contributed by atoms with E-state index in [0.29, 0.717) is 12.8 Å². The molecule has 0 radical (unpaired) electrons. The van der Waals surface area contributed by atoms with Crippen LogP contribution in [-0.4, -0.2) is 18.9 Å². The molecule has 2 nitrogen and oxygen atoms in total. The van der Waals surface area contributed by atoms with Crippen LogP contribution in [0.5, 0.6) is 0 Å². The van der Waals surface area contributed by atoms with E-state index in [2.05, 4.69) is 0 Å². The van der Waals surface area contributed by atoms with Crippen LogP contribution >= 0.6 is 0 Å². The second kappa shape index (κ2) is 2.65. The van der Waals surface area contributed by atoms with Crippen molar-refractivity contribution in [3.8, 4) is 0 Å². The van der Waals surface area contributed by atoms with Gasteiger partial charge in [-0.15, -0.1) is 0 Å². The Morgan fingerprint density at radius 1 is 1.23 bits per heavy atom. The smallest absolute Gasteiger partial charge is 0.222 e. The summed E-state index contributed by atoms with van der Waals surface area (Å²) in [5, 5.41) is 0. The molecule has 0 heterocycles. The molecular weight excluding hydrogens is 198 g/mol. The minimum absolute atomic E-state index is 0.364. The highest BCUT2D eigenvalue weighted by Crippen LogP contribution is 2.57. The lowest BCUT2D eigenvalue weighted by Crippen LogP contribution is -2.40. The topological polar surface area (TPSA) is 34.1 Å². The van der Waals surface area contributed by atoms with Crippen LogP contribution in [0.25, 0.3) is 0 Å². The van der Waals surface area contributed by atoms with Crippen LogP contribution in [0.3, 0.4) is 0 Å². The zero-order chi connectivity index (χ0) is 10.5. The van der Waals surface area contributed by atoms with E-state index in [1.54, 1.807) is 20.8 Å². The van der Waals surface area contributed by atoms with Crippen molar-refractivity contribution in [2.75, 3.05) is 0 Å². The van der Waals surface area contributed by atoms with Gasteiger partial charge in [0, 0.05) is 0 Å². The molecule has 0 aliphatic heterocycles. The fourth-order valence-electron chi connectivity index (χ4n) is 1.75.